The molecule has 3 aromatic carbocycles. The third-order valence-electron chi connectivity index (χ3n) is 4.60. The van der Waals surface area contributed by atoms with Crippen LogP contribution >= 0.6 is 0 Å². The van der Waals surface area contributed by atoms with Gasteiger partial charge in [-0.3, -0.25) is 19.3 Å². The first-order valence-electron chi connectivity index (χ1n) is 9.90. The number of amides is 2. The number of esters is 1. The Kier molecular flexibility index (Phi) is 7.71. The van der Waals surface area contributed by atoms with Gasteiger partial charge in [0.05, 0.1) is 6.07 Å². The number of rotatable bonds is 8. The lowest BCUT2D eigenvalue weighted by Crippen LogP contribution is -2.37. The topological polar surface area (TPSA) is 99.5 Å². The third kappa shape index (κ3) is 6.03. The van der Waals surface area contributed by atoms with Crippen molar-refractivity contribution in [3.63, 3.8) is 0 Å². The number of hydrogen-bond donors (Lipinski definition) is 1. The van der Waals surface area contributed by atoms with Crippen molar-refractivity contribution in [3.8, 4) is 17.2 Å². The van der Waals surface area contributed by atoms with Gasteiger partial charge in [0, 0.05) is 11.3 Å². The van der Waals surface area contributed by atoms with Crippen LogP contribution in [0, 0.1) is 11.3 Å². The van der Waals surface area contributed by atoms with Gasteiger partial charge in [0.1, 0.15) is 13.1 Å². The molecule has 0 aliphatic carbocycles. The van der Waals surface area contributed by atoms with Crippen LogP contribution in [0.4, 0.5) is 5.69 Å². The number of nitrogens with zero attached hydrogens (tertiary/aromatic N) is 2. The van der Waals surface area contributed by atoms with E-state index < -0.39 is 24.4 Å². The van der Waals surface area contributed by atoms with E-state index in [0.717, 1.165) is 11.1 Å². The van der Waals surface area contributed by atoms with Crippen LogP contribution in [0.1, 0.15) is 10.4 Å². The molecule has 0 unspecified atom stereocenters. The van der Waals surface area contributed by atoms with Gasteiger partial charge in [-0.1, -0.05) is 60.7 Å². The standard InChI is InChI=1S/C25H21N3O4/c26-15-16-28(22-9-5-2-6-10-22)23(29)18-32-24(30)17-27-25(31)21-13-11-20(12-14-21)19-7-3-1-4-8-19/h1-14H,16-18H2,(H,27,31). The second kappa shape index (κ2) is 11.1. The maximum Gasteiger partial charge on any atom is 0.325 e. The zero-order chi connectivity index (χ0) is 22.8. The second-order valence-electron chi connectivity index (χ2n) is 6.76. The summed E-state index contributed by atoms with van der Waals surface area (Å²) in [6.07, 6.45) is 0. The number of carbonyl (C=O) groups excluding carboxylic acids is 3. The van der Waals surface area contributed by atoms with Gasteiger partial charge < -0.3 is 10.1 Å². The van der Waals surface area contributed by atoms with Crippen molar-refractivity contribution >= 4 is 23.5 Å². The number of hydrogen-bond acceptors (Lipinski definition) is 5. The van der Waals surface area contributed by atoms with Gasteiger partial charge in [-0.2, -0.15) is 5.26 Å². The van der Waals surface area contributed by atoms with Gasteiger partial charge in [0.15, 0.2) is 6.61 Å². The summed E-state index contributed by atoms with van der Waals surface area (Å²) >= 11 is 0. The first kappa shape index (κ1) is 22.2. The summed E-state index contributed by atoms with van der Waals surface area (Å²) in [4.78, 5) is 37.8. The molecular weight excluding hydrogens is 406 g/mol. The summed E-state index contributed by atoms with van der Waals surface area (Å²) in [5.41, 5.74) is 2.94. The summed E-state index contributed by atoms with van der Waals surface area (Å²) in [7, 11) is 0. The molecule has 0 saturated carbocycles. The van der Waals surface area contributed by atoms with Crippen LogP contribution in [0.25, 0.3) is 11.1 Å². The first-order valence-corrected chi connectivity index (χ1v) is 9.90. The monoisotopic (exact) mass is 427 g/mol. The van der Waals surface area contributed by atoms with Crippen LogP contribution in [-0.4, -0.2) is 37.5 Å². The van der Waals surface area contributed by atoms with Gasteiger partial charge >= 0.3 is 5.97 Å². The number of para-hydroxylation sites is 1. The fourth-order valence-corrected chi connectivity index (χ4v) is 2.97. The van der Waals surface area contributed by atoms with Crippen LogP contribution in [0.2, 0.25) is 0 Å². The first-order chi connectivity index (χ1) is 15.6. The van der Waals surface area contributed by atoms with Crippen LogP contribution < -0.4 is 10.2 Å². The number of anilines is 1. The minimum absolute atomic E-state index is 0.171. The average Bonchev–Trinajstić information content (AvgIpc) is 2.85. The van der Waals surface area contributed by atoms with Crippen molar-refractivity contribution in [2.45, 2.75) is 0 Å². The molecule has 2 amide bonds. The van der Waals surface area contributed by atoms with E-state index in [9.17, 15) is 14.4 Å². The van der Waals surface area contributed by atoms with Crippen molar-refractivity contribution in [1.29, 1.82) is 5.26 Å². The number of ether oxygens (including phenoxy) is 1. The highest BCUT2D eigenvalue weighted by molar-refractivity contribution is 5.97. The summed E-state index contributed by atoms with van der Waals surface area (Å²) in [5.74, 6) is -1.71. The Bertz CT molecular complexity index is 1110. The summed E-state index contributed by atoms with van der Waals surface area (Å²) < 4.78 is 4.96. The lowest BCUT2D eigenvalue weighted by Gasteiger charge is -2.19. The Morgan fingerprint density at radius 2 is 1.44 bits per heavy atom. The van der Waals surface area contributed by atoms with E-state index >= 15 is 0 Å². The number of nitrogens with one attached hydrogen (secondary N) is 1. The van der Waals surface area contributed by atoms with Crippen molar-refractivity contribution in [1.82, 2.24) is 5.32 Å². The predicted molar refractivity (Wildman–Crippen MR) is 120 cm³/mol. The molecule has 0 heterocycles. The molecule has 0 radical (unpaired) electrons. The Balaban J connectivity index is 1.48. The molecule has 0 bridgehead atoms. The Morgan fingerprint density at radius 3 is 2.06 bits per heavy atom. The molecule has 1 N–H and O–H groups in total. The molecule has 7 heteroatoms. The fourth-order valence-electron chi connectivity index (χ4n) is 2.97. The summed E-state index contributed by atoms with van der Waals surface area (Å²) in [5, 5.41) is 11.4. The summed E-state index contributed by atoms with van der Waals surface area (Å²) in [6, 6.07) is 27.3. The normalized spacial score (nSPS) is 9.97. The zero-order valence-corrected chi connectivity index (χ0v) is 17.2. The fraction of sp³-hybridized carbons (Fsp3) is 0.120. The van der Waals surface area contributed by atoms with Gasteiger partial charge in [-0.25, -0.2) is 0 Å². The van der Waals surface area contributed by atoms with Crippen LogP contribution in [-0.2, 0) is 14.3 Å². The van der Waals surface area contributed by atoms with Crippen molar-refractivity contribution in [2.24, 2.45) is 0 Å². The maximum atomic E-state index is 12.4. The van der Waals surface area contributed by atoms with E-state index in [0.29, 0.717) is 11.3 Å². The molecule has 0 saturated heterocycles. The van der Waals surface area contributed by atoms with E-state index in [4.69, 9.17) is 10.00 Å². The second-order valence-corrected chi connectivity index (χ2v) is 6.76. The third-order valence-corrected chi connectivity index (χ3v) is 4.60. The van der Waals surface area contributed by atoms with Crippen LogP contribution in [0.5, 0.6) is 0 Å². The SMILES string of the molecule is N#CCN(C(=O)COC(=O)CNC(=O)c1ccc(-c2ccccc2)cc1)c1ccccc1. The molecule has 0 fully saturated rings. The molecular formula is C25H21N3O4. The molecule has 160 valence electrons. The van der Waals surface area contributed by atoms with E-state index in [1.165, 1.54) is 4.90 Å². The quantitative estimate of drug-likeness (QED) is 0.440. The highest BCUT2D eigenvalue weighted by atomic mass is 16.5. The molecule has 0 aliphatic rings. The minimum atomic E-state index is -0.752. The van der Waals surface area contributed by atoms with E-state index in [1.807, 2.05) is 48.5 Å². The van der Waals surface area contributed by atoms with Crippen LogP contribution in [0.15, 0.2) is 84.9 Å². The van der Waals surface area contributed by atoms with Gasteiger partial charge in [0.2, 0.25) is 0 Å². The number of nitriles is 1. The lowest BCUT2D eigenvalue weighted by molar-refractivity contribution is -0.146. The number of benzene rings is 3. The summed E-state index contributed by atoms with van der Waals surface area (Å²) in [6.45, 7) is -1.08. The van der Waals surface area contributed by atoms with Gasteiger partial charge in [-0.15, -0.1) is 0 Å². The Morgan fingerprint density at radius 1 is 0.844 bits per heavy atom. The van der Waals surface area contributed by atoms with E-state index in [-0.39, 0.29) is 13.1 Å². The Hall–Kier alpha value is -4.44. The molecule has 32 heavy (non-hydrogen) atoms. The molecule has 7 nitrogen and oxygen atoms in total. The lowest BCUT2D eigenvalue weighted by atomic mass is 10.0. The molecule has 0 spiro atoms. The zero-order valence-electron chi connectivity index (χ0n) is 17.2. The van der Waals surface area contributed by atoms with Gasteiger partial charge in [0.25, 0.3) is 11.8 Å². The molecule has 0 aromatic heterocycles. The van der Waals surface area contributed by atoms with Gasteiger partial charge in [-0.05, 0) is 35.4 Å². The minimum Gasteiger partial charge on any atom is -0.454 e. The average molecular weight is 427 g/mol. The molecule has 0 aliphatic heterocycles. The highest BCUT2D eigenvalue weighted by Gasteiger charge is 2.17. The van der Waals surface area contributed by atoms with E-state index in [2.05, 4.69) is 5.32 Å². The van der Waals surface area contributed by atoms with Crippen molar-refractivity contribution in [2.75, 3.05) is 24.6 Å². The van der Waals surface area contributed by atoms with Crippen molar-refractivity contribution in [3.05, 3.63) is 90.5 Å². The van der Waals surface area contributed by atoms with E-state index in [1.54, 1.807) is 42.5 Å². The molecule has 3 aromatic rings. The Labute approximate surface area is 185 Å². The van der Waals surface area contributed by atoms with Crippen molar-refractivity contribution < 1.29 is 19.1 Å². The largest absolute Gasteiger partial charge is 0.454 e. The predicted octanol–water partition coefficient (Wildman–Crippen LogP) is 3.18. The maximum absolute atomic E-state index is 12.4. The molecule has 3 rings (SSSR count). The number of carbonyl (C=O) groups is 3. The highest BCUT2D eigenvalue weighted by Crippen LogP contribution is 2.19. The smallest absolute Gasteiger partial charge is 0.325 e. The van der Waals surface area contributed by atoms with Crippen LogP contribution in [0.3, 0.4) is 0 Å². The molecule has 0 atom stereocenters.